The summed E-state index contributed by atoms with van der Waals surface area (Å²) in [4.78, 5) is 4.41. The van der Waals surface area contributed by atoms with Gasteiger partial charge in [-0.2, -0.15) is 5.26 Å². The van der Waals surface area contributed by atoms with E-state index < -0.39 is 0 Å². The molecule has 0 aliphatic carbocycles. The van der Waals surface area contributed by atoms with E-state index in [0.29, 0.717) is 28.6 Å². The number of hydrogen-bond acceptors (Lipinski definition) is 2. The maximum Gasteiger partial charge on any atom is 0.113 e. The normalized spacial score (nSPS) is 10.5. The van der Waals surface area contributed by atoms with Crippen LogP contribution in [0.2, 0.25) is 10.0 Å². The maximum atomic E-state index is 9.21. The molecule has 0 fully saturated rings. The highest BCUT2D eigenvalue weighted by molar-refractivity contribution is 6.42. The van der Waals surface area contributed by atoms with Gasteiger partial charge in [0, 0.05) is 18.8 Å². The van der Waals surface area contributed by atoms with Gasteiger partial charge in [-0.15, -0.1) is 0 Å². The minimum absolute atomic E-state index is 0.539. The number of benzene rings is 2. The number of hydrogen-bond donors (Lipinski definition) is 0. The highest BCUT2D eigenvalue weighted by Crippen LogP contribution is 2.27. The molecule has 0 saturated heterocycles. The van der Waals surface area contributed by atoms with Crippen LogP contribution in [0.4, 0.5) is 0 Å². The van der Waals surface area contributed by atoms with Gasteiger partial charge in [-0.25, -0.2) is 4.98 Å². The molecule has 1 heterocycles. The van der Waals surface area contributed by atoms with Crippen LogP contribution in [-0.2, 0) is 13.0 Å². The van der Waals surface area contributed by atoms with Crippen LogP contribution in [0, 0.1) is 11.3 Å². The average Bonchev–Trinajstić information content (AvgIpc) is 2.99. The lowest BCUT2D eigenvalue weighted by molar-refractivity contribution is 0.739. The number of nitriles is 1. The van der Waals surface area contributed by atoms with Gasteiger partial charge in [0.25, 0.3) is 0 Å². The Hall–Kier alpha value is -2.28. The first-order valence-electron chi connectivity index (χ1n) is 7.10. The van der Waals surface area contributed by atoms with Gasteiger partial charge in [-0.1, -0.05) is 53.5 Å². The number of halogens is 2. The van der Waals surface area contributed by atoms with Crippen molar-refractivity contribution in [1.82, 2.24) is 9.55 Å². The molecule has 0 radical (unpaired) electrons. The Balaban J connectivity index is 1.88. The lowest BCUT2D eigenvalue weighted by atomic mass is 10.1. The van der Waals surface area contributed by atoms with Gasteiger partial charge in [0.05, 0.1) is 28.2 Å². The largest absolute Gasteiger partial charge is 0.330 e. The highest BCUT2D eigenvalue weighted by Gasteiger charge is 2.10. The molecule has 0 spiro atoms. The number of aromatic nitrogens is 2. The topological polar surface area (TPSA) is 41.6 Å². The van der Waals surface area contributed by atoms with Gasteiger partial charge in [0.15, 0.2) is 0 Å². The van der Waals surface area contributed by atoms with Crippen LogP contribution in [0.25, 0.3) is 0 Å². The lowest BCUT2D eigenvalue weighted by Gasteiger charge is -2.10. The molecule has 2 aromatic carbocycles. The Morgan fingerprint density at radius 2 is 1.83 bits per heavy atom. The first-order valence-corrected chi connectivity index (χ1v) is 7.85. The van der Waals surface area contributed by atoms with Crippen molar-refractivity contribution in [3.8, 4) is 6.07 Å². The molecule has 0 aliphatic rings. The summed E-state index contributed by atoms with van der Waals surface area (Å²) in [6.45, 7) is 0.594. The second-order valence-electron chi connectivity index (χ2n) is 5.13. The van der Waals surface area contributed by atoms with Crippen molar-refractivity contribution >= 4 is 23.2 Å². The molecular weight excluding hydrogens is 329 g/mol. The van der Waals surface area contributed by atoms with E-state index in [2.05, 4.69) is 11.1 Å². The summed E-state index contributed by atoms with van der Waals surface area (Å²) in [5, 5.41) is 10.3. The van der Waals surface area contributed by atoms with E-state index in [1.54, 1.807) is 12.3 Å². The second kappa shape index (κ2) is 6.87. The standard InChI is InChI=1S/C18H13Cl2N3/c19-16-7-3-6-13(18(16)20)10-17-22-8-9-23(17)12-15-5-2-1-4-14(15)11-21/h1-9H,10,12H2. The van der Waals surface area contributed by atoms with E-state index in [9.17, 15) is 5.26 Å². The number of nitrogens with zero attached hydrogens (tertiary/aromatic N) is 3. The molecule has 0 N–H and O–H groups in total. The van der Waals surface area contributed by atoms with Crippen molar-refractivity contribution in [2.45, 2.75) is 13.0 Å². The van der Waals surface area contributed by atoms with Crippen molar-refractivity contribution in [3.63, 3.8) is 0 Å². The van der Waals surface area contributed by atoms with E-state index in [1.165, 1.54) is 0 Å². The molecule has 0 saturated carbocycles. The molecular formula is C18H13Cl2N3. The minimum atomic E-state index is 0.539. The van der Waals surface area contributed by atoms with Gasteiger partial charge in [0.1, 0.15) is 5.82 Å². The third-order valence-electron chi connectivity index (χ3n) is 3.66. The van der Waals surface area contributed by atoms with Crippen LogP contribution in [0.1, 0.15) is 22.5 Å². The smallest absolute Gasteiger partial charge is 0.113 e. The van der Waals surface area contributed by atoms with E-state index in [4.69, 9.17) is 23.2 Å². The molecule has 23 heavy (non-hydrogen) atoms. The molecule has 5 heteroatoms. The van der Waals surface area contributed by atoms with Crippen molar-refractivity contribution in [2.75, 3.05) is 0 Å². The predicted octanol–water partition coefficient (Wildman–Crippen LogP) is 4.70. The van der Waals surface area contributed by atoms with Crippen LogP contribution in [0.15, 0.2) is 54.9 Å². The Labute approximate surface area is 144 Å². The van der Waals surface area contributed by atoms with Gasteiger partial charge in [-0.3, -0.25) is 0 Å². The minimum Gasteiger partial charge on any atom is -0.330 e. The maximum absolute atomic E-state index is 9.21. The van der Waals surface area contributed by atoms with Gasteiger partial charge in [-0.05, 0) is 23.3 Å². The van der Waals surface area contributed by atoms with Crippen LogP contribution in [0.5, 0.6) is 0 Å². The monoisotopic (exact) mass is 341 g/mol. The molecule has 3 aromatic rings. The van der Waals surface area contributed by atoms with E-state index in [-0.39, 0.29) is 0 Å². The summed E-state index contributed by atoms with van der Waals surface area (Å²) in [7, 11) is 0. The molecule has 0 atom stereocenters. The summed E-state index contributed by atoms with van der Waals surface area (Å²) in [6.07, 6.45) is 4.24. The zero-order chi connectivity index (χ0) is 16.2. The molecule has 3 rings (SSSR count). The average molecular weight is 342 g/mol. The quantitative estimate of drug-likeness (QED) is 0.690. The molecule has 0 unspecified atom stereocenters. The zero-order valence-corrected chi connectivity index (χ0v) is 13.7. The predicted molar refractivity (Wildman–Crippen MR) is 91.8 cm³/mol. The third kappa shape index (κ3) is 3.39. The van der Waals surface area contributed by atoms with Gasteiger partial charge in [0.2, 0.25) is 0 Å². The first kappa shape index (κ1) is 15.6. The summed E-state index contributed by atoms with van der Waals surface area (Å²) in [5.74, 6) is 0.877. The van der Waals surface area contributed by atoms with Crippen LogP contribution in [0.3, 0.4) is 0 Å². The summed E-state index contributed by atoms with van der Waals surface area (Å²) < 4.78 is 2.02. The Kier molecular flexibility index (Phi) is 4.66. The summed E-state index contributed by atoms with van der Waals surface area (Å²) >= 11 is 12.3. The molecule has 0 aliphatic heterocycles. The van der Waals surface area contributed by atoms with Gasteiger partial charge < -0.3 is 4.57 Å². The molecule has 3 nitrogen and oxygen atoms in total. The van der Waals surface area contributed by atoms with Crippen LogP contribution < -0.4 is 0 Å². The molecule has 1 aromatic heterocycles. The zero-order valence-electron chi connectivity index (χ0n) is 12.2. The summed E-state index contributed by atoms with van der Waals surface area (Å²) in [6, 6.07) is 15.4. The SMILES string of the molecule is N#Cc1ccccc1Cn1ccnc1Cc1cccc(Cl)c1Cl. The van der Waals surface area contributed by atoms with Gasteiger partial charge >= 0.3 is 0 Å². The molecule has 0 bridgehead atoms. The highest BCUT2D eigenvalue weighted by atomic mass is 35.5. The Morgan fingerprint density at radius 1 is 1.04 bits per heavy atom. The first-order chi connectivity index (χ1) is 11.2. The fraction of sp³-hybridized carbons (Fsp3) is 0.111. The number of rotatable bonds is 4. The second-order valence-corrected chi connectivity index (χ2v) is 5.92. The van der Waals surface area contributed by atoms with Crippen LogP contribution in [-0.4, -0.2) is 9.55 Å². The fourth-order valence-corrected chi connectivity index (χ4v) is 2.84. The Bertz CT molecular complexity index is 878. The number of imidazole rings is 1. The molecule has 0 amide bonds. The third-order valence-corrected chi connectivity index (χ3v) is 4.52. The summed E-state index contributed by atoms with van der Waals surface area (Å²) in [5.41, 5.74) is 2.57. The Morgan fingerprint density at radius 3 is 2.65 bits per heavy atom. The van der Waals surface area contributed by atoms with Crippen molar-refractivity contribution < 1.29 is 0 Å². The van der Waals surface area contributed by atoms with E-state index in [1.807, 2.05) is 47.2 Å². The van der Waals surface area contributed by atoms with E-state index >= 15 is 0 Å². The van der Waals surface area contributed by atoms with Crippen LogP contribution >= 0.6 is 23.2 Å². The van der Waals surface area contributed by atoms with Crippen molar-refractivity contribution in [1.29, 1.82) is 5.26 Å². The lowest BCUT2D eigenvalue weighted by Crippen LogP contribution is -2.06. The molecule has 114 valence electrons. The van der Waals surface area contributed by atoms with Crippen molar-refractivity contribution in [3.05, 3.63) is 87.4 Å². The fourth-order valence-electron chi connectivity index (χ4n) is 2.46. The van der Waals surface area contributed by atoms with Crippen molar-refractivity contribution in [2.24, 2.45) is 0 Å². The van der Waals surface area contributed by atoms with E-state index in [0.717, 1.165) is 17.0 Å².